The summed E-state index contributed by atoms with van der Waals surface area (Å²) in [6.45, 7) is 3.62. The minimum absolute atomic E-state index is 0.566. The molecule has 0 aromatic heterocycles. The van der Waals surface area contributed by atoms with Gasteiger partial charge in [-0.05, 0) is 31.2 Å². The first-order valence-corrected chi connectivity index (χ1v) is 7.13. The Hall–Kier alpha value is -0.340. The number of piperidine rings is 1. The molecule has 0 amide bonds. The average molecular weight is 280 g/mol. The van der Waals surface area contributed by atoms with Crippen LogP contribution in [0.15, 0.2) is 30.3 Å². The molecule has 1 heterocycles. The molecule has 1 aliphatic carbocycles. The normalized spacial score (nSPS) is 35.5. The van der Waals surface area contributed by atoms with Crippen molar-refractivity contribution in [2.24, 2.45) is 5.92 Å². The summed E-state index contributed by atoms with van der Waals surface area (Å²) in [5, 5.41) is 0. The molecular formula is C14H18BrN. The molecule has 1 nitrogen and oxygen atoms in total. The first-order chi connectivity index (χ1) is 7.77. The van der Waals surface area contributed by atoms with Crippen molar-refractivity contribution in [3.05, 3.63) is 35.9 Å². The van der Waals surface area contributed by atoms with Gasteiger partial charge in [-0.15, -0.1) is 0 Å². The second-order valence-electron chi connectivity index (χ2n) is 5.13. The second kappa shape index (κ2) is 4.15. The van der Waals surface area contributed by atoms with Crippen LogP contribution in [0.3, 0.4) is 0 Å². The van der Waals surface area contributed by atoms with Crippen molar-refractivity contribution < 1.29 is 0 Å². The molecule has 16 heavy (non-hydrogen) atoms. The zero-order valence-corrected chi connectivity index (χ0v) is 11.2. The van der Waals surface area contributed by atoms with Gasteiger partial charge >= 0.3 is 0 Å². The van der Waals surface area contributed by atoms with E-state index >= 15 is 0 Å². The predicted molar refractivity (Wildman–Crippen MR) is 70.8 cm³/mol. The number of halogens is 1. The Morgan fingerprint density at radius 2 is 2.00 bits per heavy atom. The minimum atomic E-state index is 0.566. The quantitative estimate of drug-likeness (QED) is 0.748. The van der Waals surface area contributed by atoms with E-state index in [2.05, 4.69) is 58.1 Å². The molecule has 3 unspecified atom stereocenters. The lowest BCUT2D eigenvalue weighted by Crippen LogP contribution is -2.35. The number of benzene rings is 1. The fourth-order valence-corrected chi connectivity index (χ4v) is 4.33. The molecule has 2 heteroatoms. The summed E-state index contributed by atoms with van der Waals surface area (Å²) in [4.78, 5) is 3.42. The van der Waals surface area contributed by atoms with E-state index in [1.165, 1.54) is 24.9 Å². The van der Waals surface area contributed by atoms with Gasteiger partial charge in [-0.2, -0.15) is 0 Å². The SMILES string of the molecule is C[C@@H](c1ccccc1)N1CC2CCC1C2Br. The fourth-order valence-electron chi connectivity index (χ4n) is 3.33. The summed E-state index contributed by atoms with van der Waals surface area (Å²) in [5.41, 5.74) is 1.45. The van der Waals surface area contributed by atoms with Crippen LogP contribution in [0.1, 0.15) is 31.4 Å². The molecule has 4 atom stereocenters. The predicted octanol–water partition coefficient (Wildman–Crippen LogP) is 3.61. The molecule has 2 fully saturated rings. The molecule has 0 N–H and O–H groups in total. The highest BCUT2D eigenvalue weighted by Crippen LogP contribution is 2.45. The number of likely N-dealkylation sites (tertiary alicyclic amines) is 1. The van der Waals surface area contributed by atoms with Gasteiger partial charge < -0.3 is 0 Å². The van der Waals surface area contributed by atoms with Gasteiger partial charge in [-0.25, -0.2) is 0 Å². The van der Waals surface area contributed by atoms with E-state index in [4.69, 9.17) is 0 Å². The van der Waals surface area contributed by atoms with Crippen molar-refractivity contribution in [2.75, 3.05) is 6.54 Å². The summed E-state index contributed by atoms with van der Waals surface area (Å²) in [6.07, 6.45) is 2.79. The Bertz CT molecular complexity index is 364. The Morgan fingerprint density at radius 3 is 2.56 bits per heavy atom. The van der Waals surface area contributed by atoms with Crippen molar-refractivity contribution in [1.82, 2.24) is 4.90 Å². The van der Waals surface area contributed by atoms with Crippen LogP contribution in [0.25, 0.3) is 0 Å². The Labute approximate surface area is 106 Å². The van der Waals surface area contributed by atoms with E-state index in [0.29, 0.717) is 6.04 Å². The van der Waals surface area contributed by atoms with Crippen LogP contribution < -0.4 is 0 Å². The first kappa shape index (κ1) is 10.8. The summed E-state index contributed by atoms with van der Waals surface area (Å²) >= 11 is 3.87. The zero-order valence-electron chi connectivity index (χ0n) is 9.64. The monoisotopic (exact) mass is 279 g/mol. The van der Waals surface area contributed by atoms with Gasteiger partial charge in [-0.3, -0.25) is 4.90 Å². The Kier molecular flexibility index (Phi) is 2.80. The fraction of sp³-hybridized carbons (Fsp3) is 0.571. The first-order valence-electron chi connectivity index (χ1n) is 6.22. The lowest BCUT2D eigenvalue weighted by Gasteiger charge is -2.33. The van der Waals surface area contributed by atoms with Crippen LogP contribution in [-0.2, 0) is 0 Å². The third kappa shape index (κ3) is 1.63. The summed E-state index contributed by atoms with van der Waals surface area (Å²) in [6, 6.07) is 12.2. The standard InChI is InChI=1S/C14H18BrN/c1-10(11-5-3-2-4-6-11)16-9-12-7-8-13(16)14(12)15/h2-6,10,12-14H,7-9H2,1H3/t10-,12?,13?,14?/m0/s1. The molecule has 2 aliphatic rings. The zero-order chi connectivity index (χ0) is 11.1. The van der Waals surface area contributed by atoms with Crippen molar-refractivity contribution in [1.29, 1.82) is 0 Å². The molecule has 1 aromatic carbocycles. The van der Waals surface area contributed by atoms with Crippen LogP contribution >= 0.6 is 15.9 Å². The van der Waals surface area contributed by atoms with Gasteiger partial charge in [0.05, 0.1) is 0 Å². The summed E-state index contributed by atoms with van der Waals surface area (Å²) < 4.78 is 0. The van der Waals surface area contributed by atoms with Crippen LogP contribution in [0.5, 0.6) is 0 Å². The van der Waals surface area contributed by atoms with Gasteiger partial charge in [0, 0.05) is 23.5 Å². The molecule has 1 aromatic rings. The lowest BCUT2D eigenvalue weighted by atomic mass is 10.0. The molecule has 0 spiro atoms. The summed E-state index contributed by atoms with van der Waals surface area (Å²) in [5.74, 6) is 0.885. The maximum Gasteiger partial charge on any atom is 0.0342 e. The van der Waals surface area contributed by atoms with Gasteiger partial charge in [0.2, 0.25) is 0 Å². The molecular weight excluding hydrogens is 262 g/mol. The highest BCUT2D eigenvalue weighted by molar-refractivity contribution is 9.09. The third-order valence-corrected chi connectivity index (χ3v) is 5.66. The minimum Gasteiger partial charge on any atom is -0.292 e. The van der Waals surface area contributed by atoms with Gasteiger partial charge in [0.15, 0.2) is 0 Å². The van der Waals surface area contributed by atoms with E-state index < -0.39 is 0 Å². The van der Waals surface area contributed by atoms with Crippen molar-refractivity contribution in [3.8, 4) is 0 Å². The third-order valence-electron chi connectivity index (χ3n) is 4.30. The maximum atomic E-state index is 3.87. The number of fused-ring (bicyclic) bond motifs is 2. The second-order valence-corrected chi connectivity index (χ2v) is 6.19. The molecule has 1 saturated heterocycles. The maximum absolute atomic E-state index is 3.87. The van der Waals surface area contributed by atoms with Crippen LogP contribution in [0.2, 0.25) is 0 Å². The molecule has 0 radical (unpaired) electrons. The van der Waals surface area contributed by atoms with Crippen molar-refractivity contribution >= 4 is 15.9 Å². The smallest absolute Gasteiger partial charge is 0.0342 e. The van der Waals surface area contributed by atoms with Gasteiger partial charge in [0.25, 0.3) is 0 Å². The van der Waals surface area contributed by atoms with Crippen molar-refractivity contribution in [2.45, 2.75) is 36.7 Å². The lowest BCUT2D eigenvalue weighted by molar-refractivity contribution is 0.161. The average Bonchev–Trinajstić information content (AvgIpc) is 2.85. The van der Waals surface area contributed by atoms with E-state index in [1.54, 1.807) is 0 Å². The summed E-state index contributed by atoms with van der Waals surface area (Å²) in [7, 11) is 0. The molecule has 1 saturated carbocycles. The van der Waals surface area contributed by atoms with Crippen LogP contribution in [0, 0.1) is 5.92 Å². The molecule has 86 valence electrons. The largest absolute Gasteiger partial charge is 0.292 e. The van der Waals surface area contributed by atoms with Crippen LogP contribution in [0.4, 0.5) is 0 Å². The van der Waals surface area contributed by atoms with Crippen molar-refractivity contribution in [3.63, 3.8) is 0 Å². The van der Waals surface area contributed by atoms with Crippen LogP contribution in [-0.4, -0.2) is 22.3 Å². The molecule has 2 bridgehead atoms. The Balaban J connectivity index is 1.80. The van der Waals surface area contributed by atoms with E-state index in [-0.39, 0.29) is 0 Å². The van der Waals surface area contributed by atoms with E-state index in [0.717, 1.165) is 16.8 Å². The van der Waals surface area contributed by atoms with E-state index in [1.807, 2.05) is 0 Å². The molecule has 3 rings (SSSR count). The number of hydrogen-bond acceptors (Lipinski definition) is 1. The van der Waals surface area contributed by atoms with E-state index in [9.17, 15) is 0 Å². The number of alkyl halides is 1. The molecule has 1 aliphatic heterocycles. The highest BCUT2D eigenvalue weighted by Gasteiger charge is 2.46. The van der Waals surface area contributed by atoms with Gasteiger partial charge in [-0.1, -0.05) is 46.3 Å². The number of hydrogen-bond donors (Lipinski definition) is 0. The highest BCUT2D eigenvalue weighted by atomic mass is 79.9. The topological polar surface area (TPSA) is 3.24 Å². The number of rotatable bonds is 2. The van der Waals surface area contributed by atoms with Gasteiger partial charge in [0.1, 0.15) is 0 Å². The number of nitrogens with zero attached hydrogens (tertiary/aromatic N) is 1. The Morgan fingerprint density at radius 1 is 1.25 bits per heavy atom.